The van der Waals surface area contributed by atoms with Gasteiger partial charge in [0, 0.05) is 0 Å². The number of carbonyl (C=O) groups excluding carboxylic acids is 2. The second-order valence-electron chi connectivity index (χ2n) is 3.77. The number of carbonyl (C=O) groups is 3. The maximum absolute atomic E-state index is 11.6. The number of carboxylic acid groups (broad SMARTS) is 1. The molecule has 0 aliphatic rings. The highest BCUT2D eigenvalue weighted by Crippen LogP contribution is 2.25. The molecule has 1 aromatic rings. The molecule has 21 heavy (non-hydrogen) atoms. The summed E-state index contributed by atoms with van der Waals surface area (Å²) in [7, 11) is 1.39. The summed E-state index contributed by atoms with van der Waals surface area (Å²) >= 11 is 0. The van der Waals surface area contributed by atoms with E-state index in [4.69, 9.17) is 15.6 Å². The molecule has 1 rings (SSSR count). The standard InChI is InChI=1S/C12H15N3O6/c1-20-9-3-2-7(10(16)17)6-8(9)15-12(19)14-4-5-21-11(13)18/h2-3,6H,4-5H2,1H3,(H2,13,18)(H,16,17)(H2,14,15,19). The monoisotopic (exact) mass is 297 g/mol. The van der Waals surface area contributed by atoms with Crippen molar-refractivity contribution in [3.63, 3.8) is 0 Å². The van der Waals surface area contributed by atoms with Crippen LogP contribution in [0.2, 0.25) is 0 Å². The van der Waals surface area contributed by atoms with Crippen molar-refractivity contribution >= 4 is 23.8 Å². The minimum absolute atomic E-state index is 0.00293. The highest BCUT2D eigenvalue weighted by atomic mass is 16.5. The van der Waals surface area contributed by atoms with Crippen molar-refractivity contribution in [2.45, 2.75) is 0 Å². The SMILES string of the molecule is COc1ccc(C(=O)O)cc1NC(=O)NCCOC(N)=O. The fraction of sp³-hybridized carbons (Fsp3) is 0.250. The number of urea groups is 1. The zero-order valence-corrected chi connectivity index (χ0v) is 11.2. The van der Waals surface area contributed by atoms with Gasteiger partial charge < -0.3 is 30.9 Å². The van der Waals surface area contributed by atoms with Gasteiger partial charge in [-0.1, -0.05) is 0 Å². The Kier molecular flexibility index (Phi) is 5.80. The largest absolute Gasteiger partial charge is 0.495 e. The van der Waals surface area contributed by atoms with Crippen LogP contribution in [0.25, 0.3) is 0 Å². The summed E-state index contributed by atoms with van der Waals surface area (Å²) in [5, 5.41) is 13.7. The van der Waals surface area contributed by atoms with Crippen LogP contribution >= 0.6 is 0 Å². The van der Waals surface area contributed by atoms with Crippen LogP contribution in [0.15, 0.2) is 18.2 Å². The van der Waals surface area contributed by atoms with Gasteiger partial charge in [0.1, 0.15) is 12.4 Å². The number of hydrogen-bond donors (Lipinski definition) is 4. The maximum Gasteiger partial charge on any atom is 0.404 e. The van der Waals surface area contributed by atoms with E-state index in [1.54, 1.807) is 0 Å². The maximum atomic E-state index is 11.6. The summed E-state index contributed by atoms with van der Waals surface area (Å²) in [4.78, 5) is 32.8. The number of primary amides is 1. The molecule has 0 aliphatic heterocycles. The molecule has 5 N–H and O–H groups in total. The lowest BCUT2D eigenvalue weighted by Crippen LogP contribution is -2.32. The number of anilines is 1. The van der Waals surface area contributed by atoms with E-state index in [9.17, 15) is 14.4 Å². The van der Waals surface area contributed by atoms with Gasteiger partial charge in [-0.3, -0.25) is 0 Å². The Morgan fingerprint density at radius 1 is 1.33 bits per heavy atom. The van der Waals surface area contributed by atoms with Gasteiger partial charge in [-0.25, -0.2) is 14.4 Å². The lowest BCUT2D eigenvalue weighted by atomic mass is 10.2. The van der Waals surface area contributed by atoms with Crippen molar-refractivity contribution in [1.82, 2.24) is 5.32 Å². The summed E-state index contributed by atoms with van der Waals surface area (Å²) in [5.41, 5.74) is 4.96. The van der Waals surface area contributed by atoms with Crippen LogP contribution in [0.5, 0.6) is 5.75 Å². The van der Waals surface area contributed by atoms with Gasteiger partial charge >= 0.3 is 18.1 Å². The third kappa shape index (κ3) is 5.27. The predicted octanol–water partition coefficient (Wildman–Crippen LogP) is 0.610. The van der Waals surface area contributed by atoms with E-state index in [0.717, 1.165) is 0 Å². The van der Waals surface area contributed by atoms with Crippen molar-refractivity contribution in [1.29, 1.82) is 0 Å². The summed E-state index contributed by atoms with van der Waals surface area (Å²) < 4.78 is 9.45. The first-order valence-electron chi connectivity index (χ1n) is 5.82. The number of aromatic carboxylic acids is 1. The quantitative estimate of drug-likeness (QED) is 0.567. The molecule has 3 amide bonds. The number of carboxylic acids is 1. The summed E-state index contributed by atoms with van der Waals surface area (Å²) in [6, 6.07) is 3.44. The van der Waals surface area contributed by atoms with Gasteiger partial charge in [-0.05, 0) is 18.2 Å². The molecule has 0 saturated carbocycles. The van der Waals surface area contributed by atoms with E-state index in [0.29, 0.717) is 5.75 Å². The van der Waals surface area contributed by atoms with E-state index in [1.807, 2.05) is 0 Å². The molecule has 114 valence electrons. The van der Waals surface area contributed by atoms with Crippen LogP contribution in [0.1, 0.15) is 10.4 Å². The predicted molar refractivity (Wildman–Crippen MR) is 72.5 cm³/mol. The lowest BCUT2D eigenvalue weighted by molar-refractivity contribution is 0.0696. The van der Waals surface area contributed by atoms with Crippen molar-refractivity contribution in [3.05, 3.63) is 23.8 Å². The van der Waals surface area contributed by atoms with E-state index in [-0.39, 0.29) is 24.4 Å². The van der Waals surface area contributed by atoms with Crippen molar-refractivity contribution < 1.29 is 29.0 Å². The molecule has 9 heteroatoms. The van der Waals surface area contributed by atoms with Crippen LogP contribution in [0.3, 0.4) is 0 Å². The third-order valence-electron chi connectivity index (χ3n) is 2.33. The van der Waals surface area contributed by atoms with Crippen LogP contribution in [0.4, 0.5) is 15.3 Å². The van der Waals surface area contributed by atoms with Gasteiger partial charge in [-0.15, -0.1) is 0 Å². The fourth-order valence-corrected chi connectivity index (χ4v) is 1.42. The average molecular weight is 297 g/mol. The molecule has 0 heterocycles. The van der Waals surface area contributed by atoms with E-state index >= 15 is 0 Å². The number of nitrogens with two attached hydrogens (primary N) is 1. The summed E-state index contributed by atoms with van der Waals surface area (Å²) in [6.45, 7) is -0.0231. The molecule has 9 nitrogen and oxygen atoms in total. The van der Waals surface area contributed by atoms with Crippen LogP contribution in [-0.4, -0.2) is 43.5 Å². The first-order chi connectivity index (χ1) is 9.93. The minimum atomic E-state index is -1.13. The number of hydrogen-bond acceptors (Lipinski definition) is 5. The van der Waals surface area contributed by atoms with E-state index < -0.39 is 18.1 Å². The summed E-state index contributed by atoms with van der Waals surface area (Å²) in [5.74, 6) is -0.820. The highest BCUT2D eigenvalue weighted by Gasteiger charge is 2.11. The van der Waals surface area contributed by atoms with Crippen molar-refractivity contribution in [3.8, 4) is 5.75 Å². The Morgan fingerprint density at radius 3 is 2.62 bits per heavy atom. The van der Waals surface area contributed by atoms with Crippen LogP contribution in [-0.2, 0) is 4.74 Å². The average Bonchev–Trinajstić information content (AvgIpc) is 2.43. The molecule has 0 fully saturated rings. The normalized spacial score (nSPS) is 9.57. The Hall–Kier alpha value is -2.97. The molecule has 0 bridgehead atoms. The molecule has 0 atom stereocenters. The van der Waals surface area contributed by atoms with Crippen LogP contribution in [0, 0.1) is 0 Å². The van der Waals surface area contributed by atoms with Gasteiger partial charge in [0.25, 0.3) is 0 Å². The van der Waals surface area contributed by atoms with E-state index in [1.165, 1.54) is 25.3 Å². The molecular weight excluding hydrogens is 282 g/mol. The Bertz CT molecular complexity index is 546. The zero-order valence-electron chi connectivity index (χ0n) is 11.2. The zero-order chi connectivity index (χ0) is 15.8. The van der Waals surface area contributed by atoms with Crippen LogP contribution < -0.4 is 21.1 Å². The number of ether oxygens (including phenoxy) is 2. The van der Waals surface area contributed by atoms with E-state index in [2.05, 4.69) is 15.4 Å². The Labute approximate surface area is 120 Å². The van der Waals surface area contributed by atoms with Gasteiger partial charge in [-0.2, -0.15) is 0 Å². The number of nitrogens with one attached hydrogen (secondary N) is 2. The second kappa shape index (κ2) is 7.58. The third-order valence-corrected chi connectivity index (χ3v) is 2.33. The first kappa shape index (κ1) is 16.1. The fourth-order valence-electron chi connectivity index (χ4n) is 1.42. The molecule has 0 aliphatic carbocycles. The van der Waals surface area contributed by atoms with Gasteiger partial charge in [0.15, 0.2) is 0 Å². The number of amides is 3. The number of rotatable bonds is 6. The van der Waals surface area contributed by atoms with Crippen molar-refractivity contribution in [2.75, 3.05) is 25.6 Å². The topological polar surface area (TPSA) is 140 Å². The summed E-state index contributed by atoms with van der Waals surface area (Å²) in [6.07, 6.45) is -0.937. The minimum Gasteiger partial charge on any atom is -0.495 e. The molecule has 0 saturated heterocycles. The number of methoxy groups -OCH3 is 1. The lowest BCUT2D eigenvalue weighted by Gasteiger charge is -2.11. The number of benzene rings is 1. The van der Waals surface area contributed by atoms with Gasteiger partial charge in [0.05, 0.1) is 24.9 Å². The highest BCUT2D eigenvalue weighted by molar-refractivity contribution is 5.94. The molecule has 0 aromatic heterocycles. The Morgan fingerprint density at radius 2 is 2.05 bits per heavy atom. The second-order valence-corrected chi connectivity index (χ2v) is 3.77. The van der Waals surface area contributed by atoms with Crippen molar-refractivity contribution in [2.24, 2.45) is 5.73 Å². The first-order valence-corrected chi connectivity index (χ1v) is 5.82. The molecule has 0 spiro atoms. The smallest absolute Gasteiger partial charge is 0.404 e. The Balaban J connectivity index is 2.63. The van der Waals surface area contributed by atoms with Gasteiger partial charge in [0.2, 0.25) is 0 Å². The molecule has 0 radical (unpaired) electrons. The molecule has 0 unspecified atom stereocenters. The molecule has 1 aromatic carbocycles. The molecular formula is C12H15N3O6.